The Morgan fingerprint density at radius 1 is 1.22 bits per heavy atom. The lowest BCUT2D eigenvalue weighted by Gasteiger charge is -2.14. The summed E-state index contributed by atoms with van der Waals surface area (Å²) < 4.78 is 5.87. The minimum Gasteiger partial charge on any atom is -0.463 e. The van der Waals surface area contributed by atoms with Crippen molar-refractivity contribution in [2.24, 2.45) is 11.8 Å². The average Bonchev–Trinajstić information content (AvgIpc) is 3.02. The molecule has 100 valence electrons. The molecule has 2 aliphatic rings. The van der Waals surface area contributed by atoms with Crippen LogP contribution < -0.4 is 5.32 Å². The summed E-state index contributed by atoms with van der Waals surface area (Å²) in [5, 5.41) is 3.30. The molecule has 1 aromatic heterocycles. The molecule has 3 rings (SSSR count). The molecule has 2 fully saturated rings. The summed E-state index contributed by atoms with van der Waals surface area (Å²) in [7, 11) is 0. The Hall–Kier alpha value is -0.800. The Kier molecular flexibility index (Phi) is 3.71. The standard InChI is InChI=1S/C15H24N2O/c1-2-16-8-14-6-7-15(18-14)11-17-9-12-4-3-5-13(12)10-17/h6-7,12-13,16H,2-5,8-11H2,1H3. The van der Waals surface area contributed by atoms with Crippen LogP contribution in [0.15, 0.2) is 16.5 Å². The average molecular weight is 248 g/mol. The zero-order valence-electron chi connectivity index (χ0n) is 11.3. The number of fused-ring (bicyclic) bond motifs is 1. The van der Waals surface area contributed by atoms with E-state index < -0.39 is 0 Å². The highest BCUT2D eigenvalue weighted by atomic mass is 16.3. The van der Waals surface area contributed by atoms with Crippen LogP contribution in [0, 0.1) is 11.8 Å². The van der Waals surface area contributed by atoms with Gasteiger partial charge in [0.15, 0.2) is 0 Å². The molecule has 1 saturated carbocycles. The minimum atomic E-state index is 0.849. The third kappa shape index (κ3) is 2.62. The van der Waals surface area contributed by atoms with Gasteiger partial charge in [-0.25, -0.2) is 0 Å². The van der Waals surface area contributed by atoms with Crippen LogP contribution >= 0.6 is 0 Å². The molecule has 18 heavy (non-hydrogen) atoms. The molecule has 1 aromatic rings. The Morgan fingerprint density at radius 2 is 1.94 bits per heavy atom. The fourth-order valence-electron chi connectivity index (χ4n) is 3.53. The minimum absolute atomic E-state index is 0.849. The van der Waals surface area contributed by atoms with Crippen molar-refractivity contribution >= 4 is 0 Å². The van der Waals surface area contributed by atoms with E-state index in [0.29, 0.717) is 0 Å². The quantitative estimate of drug-likeness (QED) is 0.868. The van der Waals surface area contributed by atoms with Gasteiger partial charge in [0.05, 0.1) is 13.1 Å². The molecule has 2 unspecified atom stereocenters. The van der Waals surface area contributed by atoms with Crippen LogP contribution in [0.2, 0.25) is 0 Å². The molecule has 3 heteroatoms. The first-order valence-electron chi connectivity index (χ1n) is 7.36. The second-order valence-corrected chi connectivity index (χ2v) is 5.79. The topological polar surface area (TPSA) is 28.4 Å². The van der Waals surface area contributed by atoms with Crippen LogP contribution in [-0.2, 0) is 13.1 Å². The molecule has 0 spiro atoms. The van der Waals surface area contributed by atoms with Gasteiger partial charge in [-0.2, -0.15) is 0 Å². The Labute approximate surface area is 110 Å². The summed E-state index contributed by atoms with van der Waals surface area (Å²) in [4.78, 5) is 2.57. The van der Waals surface area contributed by atoms with Crippen LogP contribution in [0.1, 0.15) is 37.7 Å². The largest absolute Gasteiger partial charge is 0.463 e. The van der Waals surface area contributed by atoms with Gasteiger partial charge in [0.25, 0.3) is 0 Å². The summed E-state index contributed by atoms with van der Waals surface area (Å²) in [6.07, 6.45) is 4.35. The van der Waals surface area contributed by atoms with Crippen molar-refractivity contribution in [3.05, 3.63) is 23.7 Å². The SMILES string of the molecule is CCNCc1ccc(CN2CC3CCCC3C2)o1. The number of hydrogen-bond acceptors (Lipinski definition) is 3. The number of likely N-dealkylation sites (tertiary alicyclic amines) is 1. The molecule has 0 bridgehead atoms. The van der Waals surface area contributed by atoms with Gasteiger partial charge in [-0.15, -0.1) is 0 Å². The smallest absolute Gasteiger partial charge is 0.118 e. The van der Waals surface area contributed by atoms with Crippen molar-refractivity contribution in [3.63, 3.8) is 0 Å². The zero-order chi connectivity index (χ0) is 12.4. The molecule has 0 radical (unpaired) electrons. The van der Waals surface area contributed by atoms with E-state index in [1.165, 1.54) is 32.4 Å². The third-order valence-corrected chi connectivity index (χ3v) is 4.45. The lowest BCUT2D eigenvalue weighted by Crippen LogP contribution is -2.20. The van der Waals surface area contributed by atoms with Crippen LogP contribution in [-0.4, -0.2) is 24.5 Å². The van der Waals surface area contributed by atoms with E-state index in [-0.39, 0.29) is 0 Å². The summed E-state index contributed by atoms with van der Waals surface area (Å²) in [6, 6.07) is 4.25. The van der Waals surface area contributed by atoms with E-state index in [9.17, 15) is 0 Å². The number of nitrogens with one attached hydrogen (secondary N) is 1. The van der Waals surface area contributed by atoms with Crippen molar-refractivity contribution in [1.82, 2.24) is 10.2 Å². The molecule has 0 aromatic carbocycles. The fraction of sp³-hybridized carbons (Fsp3) is 0.733. The van der Waals surface area contributed by atoms with E-state index in [0.717, 1.165) is 43.0 Å². The maximum Gasteiger partial charge on any atom is 0.118 e. The molecule has 1 aliphatic heterocycles. The Bertz CT molecular complexity index is 376. The predicted octanol–water partition coefficient (Wildman–Crippen LogP) is 2.62. The molecule has 1 N–H and O–H groups in total. The van der Waals surface area contributed by atoms with Gasteiger partial charge < -0.3 is 9.73 Å². The molecule has 1 saturated heterocycles. The number of nitrogens with zero attached hydrogens (tertiary/aromatic N) is 1. The first kappa shape index (κ1) is 12.2. The van der Waals surface area contributed by atoms with Crippen molar-refractivity contribution in [2.75, 3.05) is 19.6 Å². The second-order valence-electron chi connectivity index (χ2n) is 5.79. The normalized spacial score (nSPS) is 27.8. The molecule has 1 aliphatic carbocycles. The van der Waals surface area contributed by atoms with Gasteiger partial charge in [-0.05, 0) is 43.4 Å². The molecular formula is C15H24N2O. The molecular weight excluding hydrogens is 224 g/mol. The van der Waals surface area contributed by atoms with Crippen molar-refractivity contribution in [2.45, 2.75) is 39.3 Å². The first-order valence-corrected chi connectivity index (χ1v) is 7.36. The van der Waals surface area contributed by atoms with Crippen LogP contribution in [0.4, 0.5) is 0 Å². The Morgan fingerprint density at radius 3 is 2.67 bits per heavy atom. The summed E-state index contributed by atoms with van der Waals surface area (Å²) >= 11 is 0. The van der Waals surface area contributed by atoms with E-state index in [1.54, 1.807) is 0 Å². The molecule has 2 heterocycles. The maximum atomic E-state index is 5.87. The third-order valence-electron chi connectivity index (χ3n) is 4.45. The van der Waals surface area contributed by atoms with E-state index in [4.69, 9.17) is 4.42 Å². The molecule has 0 amide bonds. The number of furan rings is 1. The van der Waals surface area contributed by atoms with Gasteiger partial charge >= 0.3 is 0 Å². The Balaban J connectivity index is 1.52. The lowest BCUT2D eigenvalue weighted by molar-refractivity contribution is 0.271. The fourth-order valence-corrected chi connectivity index (χ4v) is 3.53. The molecule has 3 nitrogen and oxygen atoms in total. The summed E-state index contributed by atoms with van der Waals surface area (Å²) in [5.41, 5.74) is 0. The highest BCUT2D eigenvalue weighted by molar-refractivity contribution is 5.07. The van der Waals surface area contributed by atoms with Crippen LogP contribution in [0.25, 0.3) is 0 Å². The monoisotopic (exact) mass is 248 g/mol. The van der Waals surface area contributed by atoms with Gasteiger partial charge in [-0.1, -0.05) is 13.3 Å². The van der Waals surface area contributed by atoms with E-state index in [2.05, 4.69) is 29.3 Å². The predicted molar refractivity (Wildman–Crippen MR) is 72.2 cm³/mol. The second kappa shape index (κ2) is 5.45. The van der Waals surface area contributed by atoms with E-state index in [1.807, 2.05) is 0 Å². The van der Waals surface area contributed by atoms with Gasteiger partial charge in [0.1, 0.15) is 11.5 Å². The summed E-state index contributed by atoms with van der Waals surface area (Å²) in [6.45, 7) is 7.53. The van der Waals surface area contributed by atoms with Gasteiger partial charge in [0, 0.05) is 13.1 Å². The van der Waals surface area contributed by atoms with Gasteiger partial charge in [-0.3, -0.25) is 4.90 Å². The van der Waals surface area contributed by atoms with Crippen molar-refractivity contribution < 1.29 is 4.42 Å². The highest BCUT2D eigenvalue weighted by Crippen LogP contribution is 2.38. The lowest BCUT2D eigenvalue weighted by atomic mass is 10.0. The van der Waals surface area contributed by atoms with Crippen LogP contribution in [0.3, 0.4) is 0 Å². The van der Waals surface area contributed by atoms with Gasteiger partial charge in [0.2, 0.25) is 0 Å². The van der Waals surface area contributed by atoms with E-state index >= 15 is 0 Å². The maximum absolute atomic E-state index is 5.87. The van der Waals surface area contributed by atoms with Crippen molar-refractivity contribution in [3.8, 4) is 0 Å². The molecule has 2 atom stereocenters. The van der Waals surface area contributed by atoms with Crippen molar-refractivity contribution in [1.29, 1.82) is 0 Å². The van der Waals surface area contributed by atoms with Crippen LogP contribution in [0.5, 0.6) is 0 Å². The highest BCUT2D eigenvalue weighted by Gasteiger charge is 2.35. The first-order chi connectivity index (χ1) is 8.85. The zero-order valence-corrected chi connectivity index (χ0v) is 11.3. The number of rotatable bonds is 5. The summed E-state index contributed by atoms with van der Waals surface area (Å²) in [5.74, 6) is 4.14. The number of hydrogen-bond donors (Lipinski definition) is 1.